The van der Waals surface area contributed by atoms with Gasteiger partial charge in [-0.25, -0.2) is 0 Å². The van der Waals surface area contributed by atoms with Crippen LogP contribution < -0.4 is 0 Å². The molecule has 0 saturated heterocycles. The minimum absolute atomic E-state index is 0.808. The van der Waals surface area contributed by atoms with Gasteiger partial charge in [0.1, 0.15) is 0 Å². The second kappa shape index (κ2) is 6.34. The minimum atomic E-state index is 0.808. The summed E-state index contributed by atoms with van der Waals surface area (Å²) >= 11 is 5.82. The van der Waals surface area contributed by atoms with Crippen molar-refractivity contribution in [1.82, 2.24) is 0 Å². The van der Waals surface area contributed by atoms with Gasteiger partial charge in [0, 0.05) is 4.83 Å². The van der Waals surface area contributed by atoms with E-state index in [2.05, 4.69) is 29.1 Å². The number of hydrogen-bond acceptors (Lipinski definition) is 1. The Morgan fingerprint density at radius 1 is 1.38 bits per heavy atom. The average molecular weight is 265 g/mol. The molecule has 1 aliphatic carbocycles. The molecule has 1 aliphatic rings. The summed E-state index contributed by atoms with van der Waals surface area (Å²) in [5, 5.41) is 0. The first-order chi connectivity index (χ1) is 6.27. The third-order valence-electron chi connectivity index (χ3n) is 3.27. The van der Waals surface area contributed by atoms with Gasteiger partial charge in [0.05, 0.1) is 0 Å². The molecule has 0 bridgehead atoms. The van der Waals surface area contributed by atoms with Crippen molar-refractivity contribution in [2.24, 2.45) is 11.8 Å². The maximum Gasteiger partial charge on any atom is 0.0174 e. The summed E-state index contributed by atoms with van der Waals surface area (Å²) in [6, 6.07) is 0. The van der Waals surface area contributed by atoms with E-state index in [0.29, 0.717) is 0 Å². The number of alkyl halides is 1. The van der Waals surface area contributed by atoms with Gasteiger partial charge < -0.3 is 0 Å². The van der Waals surface area contributed by atoms with Crippen LogP contribution in [0.3, 0.4) is 0 Å². The van der Waals surface area contributed by atoms with Gasteiger partial charge in [-0.05, 0) is 49.5 Å². The SMILES string of the molecule is CCC1CCC(Br)C(CCSC)C1. The zero-order chi connectivity index (χ0) is 9.68. The molecule has 13 heavy (non-hydrogen) atoms. The van der Waals surface area contributed by atoms with Crippen LogP contribution >= 0.6 is 27.7 Å². The normalized spacial score (nSPS) is 34.8. The Morgan fingerprint density at radius 2 is 2.15 bits per heavy atom. The first-order valence-electron chi connectivity index (χ1n) is 5.41. The van der Waals surface area contributed by atoms with Gasteiger partial charge in [0.2, 0.25) is 0 Å². The molecule has 3 atom stereocenters. The van der Waals surface area contributed by atoms with E-state index >= 15 is 0 Å². The molecule has 0 aromatic carbocycles. The van der Waals surface area contributed by atoms with Crippen molar-refractivity contribution in [3.63, 3.8) is 0 Å². The van der Waals surface area contributed by atoms with Crippen LogP contribution in [-0.2, 0) is 0 Å². The van der Waals surface area contributed by atoms with Crippen LogP contribution in [0.5, 0.6) is 0 Å². The highest BCUT2D eigenvalue weighted by molar-refractivity contribution is 9.09. The van der Waals surface area contributed by atoms with Crippen molar-refractivity contribution in [3.8, 4) is 0 Å². The molecule has 1 fully saturated rings. The monoisotopic (exact) mass is 264 g/mol. The molecular formula is C11H21BrS. The number of hydrogen-bond donors (Lipinski definition) is 0. The Balaban J connectivity index is 2.31. The molecule has 0 nitrogen and oxygen atoms in total. The molecule has 0 aliphatic heterocycles. The van der Waals surface area contributed by atoms with Crippen LogP contribution in [0.4, 0.5) is 0 Å². The molecule has 2 heteroatoms. The standard InChI is InChI=1S/C11H21BrS/c1-3-9-4-5-11(12)10(8-9)6-7-13-2/h9-11H,3-8H2,1-2H3. The van der Waals surface area contributed by atoms with Gasteiger partial charge in [-0.3, -0.25) is 0 Å². The minimum Gasteiger partial charge on any atom is -0.165 e. The van der Waals surface area contributed by atoms with Crippen molar-refractivity contribution in [3.05, 3.63) is 0 Å². The molecule has 0 N–H and O–H groups in total. The summed E-state index contributed by atoms with van der Waals surface area (Å²) in [7, 11) is 0. The predicted molar refractivity (Wildman–Crippen MR) is 66.8 cm³/mol. The first-order valence-corrected chi connectivity index (χ1v) is 7.71. The van der Waals surface area contributed by atoms with Crippen LogP contribution in [0.15, 0.2) is 0 Å². The smallest absolute Gasteiger partial charge is 0.0174 e. The van der Waals surface area contributed by atoms with Crippen molar-refractivity contribution < 1.29 is 0 Å². The summed E-state index contributed by atoms with van der Waals surface area (Å²) in [4.78, 5) is 0.808. The van der Waals surface area contributed by atoms with E-state index in [1.54, 1.807) is 0 Å². The molecule has 1 rings (SSSR count). The zero-order valence-corrected chi connectivity index (χ0v) is 11.2. The Hall–Kier alpha value is 0.830. The lowest BCUT2D eigenvalue weighted by molar-refractivity contribution is 0.268. The molecule has 0 aromatic heterocycles. The van der Waals surface area contributed by atoms with E-state index in [-0.39, 0.29) is 0 Å². The summed E-state index contributed by atoms with van der Waals surface area (Å²) in [5.74, 6) is 3.30. The fourth-order valence-corrected chi connectivity index (χ4v) is 3.55. The lowest BCUT2D eigenvalue weighted by Crippen LogP contribution is -2.25. The lowest BCUT2D eigenvalue weighted by Gasteiger charge is -2.32. The molecule has 0 radical (unpaired) electrons. The average Bonchev–Trinajstić information content (AvgIpc) is 2.17. The van der Waals surface area contributed by atoms with Crippen LogP contribution in [0.1, 0.15) is 39.0 Å². The fourth-order valence-electron chi connectivity index (χ4n) is 2.26. The Kier molecular flexibility index (Phi) is 5.80. The van der Waals surface area contributed by atoms with E-state index in [4.69, 9.17) is 0 Å². The maximum atomic E-state index is 3.83. The third kappa shape index (κ3) is 3.83. The van der Waals surface area contributed by atoms with Gasteiger partial charge in [0.15, 0.2) is 0 Å². The number of rotatable bonds is 4. The maximum absolute atomic E-state index is 3.83. The lowest BCUT2D eigenvalue weighted by atomic mass is 9.79. The number of halogens is 1. The van der Waals surface area contributed by atoms with Crippen LogP contribution in [0, 0.1) is 11.8 Å². The van der Waals surface area contributed by atoms with Gasteiger partial charge in [-0.15, -0.1) is 0 Å². The number of thioether (sulfide) groups is 1. The molecule has 0 spiro atoms. The van der Waals surface area contributed by atoms with E-state index in [1.165, 1.54) is 37.9 Å². The van der Waals surface area contributed by atoms with E-state index in [9.17, 15) is 0 Å². The third-order valence-corrected chi connectivity index (χ3v) is 5.12. The second-order valence-corrected chi connectivity index (χ2v) is 6.31. The largest absolute Gasteiger partial charge is 0.165 e. The summed E-state index contributed by atoms with van der Waals surface area (Å²) in [6.45, 7) is 2.34. The van der Waals surface area contributed by atoms with Crippen LogP contribution in [-0.4, -0.2) is 16.8 Å². The second-order valence-electron chi connectivity index (χ2n) is 4.14. The van der Waals surface area contributed by atoms with Crippen molar-refractivity contribution in [2.45, 2.75) is 43.9 Å². The van der Waals surface area contributed by atoms with Crippen molar-refractivity contribution >= 4 is 27.7 Å². The molecule has 1 saturated carbocycles. The highest BCUT2D eigenvalue weighted by atomic mass is 79.9. The highest BCUT2D eigenvalue weighted by Gasteiger charge is 2.27. The molecule has 0 heterocycles. The van der Waals surface area contributed by atoms with Crippen molar-refractivity contribution in [1.29, 1.82) is 0 Å². The Morgan fingerprint density at radius 3 is 2.77 bits per heavy atom. The fraction of sp³-hybridized carbons (Fsp3) is 1.00. The van der Waals surface area contributed by atoms with Crippen molar-refractivity contribution in [2.75, 3.05) is 12.0 Å². The Bertz CT molecular complexity index is 138. The van der Waals surface area contributed by atoms with Gasteiger partial charge in [-0.2, -0.15) is 11.8 Å². The Labute approximate surface area is 95.4 Å². The topological polar surface area (TPSA) is 0 Å². The van der Waals surface area contributed by atoms with Crippen LogP contribution in [0.25, 0.3) is 0 Å². The first kappa shape index (κ1) is 11.9. The quantitative estimate of drug-likeness (QED) is 0.682. The van der Waals surface area contributed by atoms with E-state index in [0.717, 1.165) is 16.7 Å². The summed E-state index contributed by atoms with van der Waals surface area (Å²) in [5.41, 5.74) is 0. The van der Waals surface area contributed by atoms with E-state index < -0.39 is 0 Å². The molecule has 0 aromatic rings. The molecule has 0 amide bonds. The highest BCUT2D eigenvalue weighted by Crippen LogP contribution is 2.37. The van der Waals surface area contributed by atoms with Crippen LogP contribution in [0.2, 0.25) is 0 Å². The van der Waals surface area contributed by atoms with E-state index in [1.807, 2.05) is 11.8 Å². The van der Waals surface area contributed by atoms with Gasteiger partial charge in [0.25, 0.3) is 0 Å². The summed E-state index contributed by atoms with van der Waals surface area (Å²) in [6.07, 6.45) is 9.32. The predicted octanol–water partition coefficient (Wildman–Crippen LogP) is 4.33. The van der Waals surface area contributed by atoms with Gasteiger partial charge >= 0.3 is 0 Å². The zero-order valence-electron chi connectivity index (χ0n) is 8.76. The molecular weight excluding hydrogens is 244 g/mol. The van der Waals surface area contributed by atoms with Gasteiger partial charge in [-0.1, -0.05) is 29.3 Å². The summed E-state index contributed by atoms with van der Waals surface area (Å²) < 4.78 is 0. The molecule has 78 valence electrons. The molecule has 3 unspecified atom stereocenters.